The van der Waals surface area contributed by atoms with Crippen molar-refractivity contribution in [3.05, 3.63) is 60.4 Å². The Labute approximate surface area is 162 Å². The summed E-state index contributed by atoms with van der Waals surface area (Å²) in [4.78, 5) is 7.66. The number of rotatable bonds is 5. The predicted octanol–water partition coefficient (Wildman–Crippen LogP) is 3.42. The highest BCUT2D eigenvalue weighted by Gasteiger charge is 2.24. The van der Waals surface area contributed by atoms with E-state index in [0.717, 1.165) is 11.1 Å². The minimum absolute atomic E-state index is 0.214. The third-order valence-electron chi connectivity index (χ3n) is 4.68. The van der Waals surface area contributed by atoms with Gasteiger partial charge in [0.05, 0.1) is 23.2 Å². The molecule has 0 unspecified atom stereocenters. The Morgan fingerprint density at radius 2 is 1.93 bits per heavy atom. The molecule has 0 amide bonds. The van der Waals surface area contributed by atoms with Gasteiger partial charge >= 0.3 is 0 Å². The Hall–Kier alpha value is -3.26. The average molecular weight is 396 g/mol. The highest BCUT2D eigenvalue weighted by atomic mass is 32.2. The molecule has 2 aromatic heterocycles. The molecule has 0 saturated carbocycles. The number of hydrogen-bond acceptors (Lipinski definition) is 5. The fourth-order valence-corrected chi connectivity index (χ4v) is 4.70. The van der Waals surface area contributed by atoms with Gasteiger partial charge in [0, 0.05) is 22.8 Å². The molecule has 0 aliphatic heterocycles. The number of methoxy groups -OCH3 is 1. The lowest BCUT2D eigenvalue weighted by atomic mass is 10.1. The summed E-state index contributed by atoms with van der Waals surface area (Å²) in [6.45, 7) is 1.98. The second-order valence-corrected chi connectivity index (χ2v) is 8.16. The van der Waals surface area contributed by atoms with Crippen LogP contribution in [-0.2, 0) is 16.4 Å². The van der Waals surface area contributed by atoms with Gasteiger partial charge < -0.3 is 15.5 Å². The molecule has 4 rings (SSSR count). The van der Waals surface area contributed by atoms with E-state index in [4.69, 9.17) is 10.5 Å². The largest absolute Gasteiger partial charge is 0.497 e. The zero-order valence-electron chi connectivity index (χ0n) is 15.5. The molecular weight excluding hydrogens is 376 g/mol. The topological polar surface area (TPSA) is 103 Å². The molecular formula is C20H20N4O3S. The van der Waals surface area contributed by atoms with E-state index in [1.54, 1.807) is 55.8 Å². The van der Waals surface area contributed by atoms with Gasteiger partial charge in [-0.15, -0.1) is 0 Å². The number of aryl methyl sites for hydroxylation is 1. The highest BCUT2D eigenvalue weighted by molar-refractivity contribution is 7.90. The fraction of sp³-hybridized carbons (Fsp3) is 0.150. The summed E-state index contributed by atoms with van der Waals surface area (Å²) in [7, 11) is -2.21. The summed E-state index contributed by atoms with van der Waals surface area (Å²) in [5, 5.41) is 0.722. The summed E-state index contributed by atoms with van der Waals surface area (Å²) in [6.07, 6.45) is 2.28. The van der Waals surface area contributed by atoms with Crippen molar-refractivity contribution < 1.29 is 13.2 Å². The number of nitrogens with one attached hydrogen (secondary N) is 1. The van der Waals surface area contributed by atoms with Crippen LogP contribution in [0.2, 0.25) is 0 Å². The SMILES string of the molecule is CCc1[nH]c(N)nc1-c1cn(S(=O)(=O)c2ccccc2)c2ccc(OC)cc12. The first-order chi connectivity index (χ1) is 13.5. The fourth-order valence-electron chi connectivity index (χ4n) is 3.31. The van der Waals surface area contributed by atoms with E-state index < -0.39 is 10.0 Å². The highest BCUT2D eigenvalue weighted by Crippen LogP contribution is 2.36. The van der Waals surface area contributed by atoms with Crippen molar-refractivity contribution in [2.45, 2.75) is 18.2 Å². The third kappa shape index (κ3) is 2.82. The van der Waals surface area contributed by atoms with E-state index in [2.05, 4.69) is 9.97 Å². The van der Waals surface area contributed by atoms with Gasteiger partial charge in [0.1, 0.15) is 5.75 Å². The molecule has 0 aliphatic carbocycles. The first-order valence-corrected chi connectivity index (χ1v) is 10.2. The molecule has 2 aromatic carbocycles. The Balaban J connectivity index is 2.04. The Morgan fingerprint density at radius 3 is 2.61 bits per heavy atom. The lowest BCUT2D eigenvalue weighted by Gasteiger charge is -2.07. The van der Waals surface area contributed by atoms with Crippen LogP contribution < -0.4 is 10.5 Å². The first kappa shape index (κ1) is 18.1. The summed E-state index contributed by atoms with van der Waals surface area (Å²) in [6, 6.07) is 13.6. The van der Waals surface area contributed by atoms with Crippen LogP contribution in [0.5, 0.6) is 5.75 Å². The quantitative estimate of drug-likeness (QED) is 0.538. The Bertz CT molecular complexity index is 1260. The van der Waals surface area contributed by atoms with Gasteiger partial charge in [-0.25, -0.2) is 17.4 Å². The molecule has 4 aromatic rings. The molecule has 8 heteroatoms. The van der Waals surface area contributed by atoms with Crippen LogP contribution in [-0.4, -0.2) is 29.5 Å². The number of nitrogens with zero attached hydrogens (tertiary/aromatic N) is 2. The second-order valence-electron chi connectivity index (χ2n) is 6.34. The summed E-state index contributed by atoms with van der Waals surface area (Å²) in [5.41, 5.74) is 8.57. The lowest BCUT2D eigenvalue weighted by molar-refractivity contribution is 0.415. The maximum Gasteiger partial charge on any atom is 0.268 e. The molecule has 3 N–H and O–H groups in total. The zero-order valence-corrected chi connectivity index (χ0v) is 16.3. The maximum atomic E-state index is 13.3. The van der Waals surface area contributed by atoms with Gasteiger partial charge in [-0.3, -0.25) is 0 Å². The molecule has 2 heterocycles. The van der Waals surface area contributed by atoms with Crippen molar-refractivity contribution in [3.8, 4) is 17.0 Å². The molecule has 0 saturated heterocycles. The number of aromatic nitrogens is 3. The Kier molecular flexibility index (Phi) is 4.35. The van der Waals surface area contributed by atoms with Gasteiger partial charge in [-0.2, -0.15) is 0 Å². The van der Waals surface area contributed by atoms with Gasteiger partial charge in [-0.05, 0) is 36.8 Å². The standard InChI is InChI=1S/C20H20N4O3S/c1-3-17-19(23-20(21)22-17)16-12-24(18-10-9-13(27-2)11-15(16)18)28(25,26)14-7-5-4-6-8-14/h4-12H,3H2,1-2H3,(H3,21,22,23). The van der Waals surface area contributed by atoms with Gasteiger partial charge in [0.15, 0.2) is 5.95 Å². The normalized spacial score (nSPS) is 11.8. The maximum absolute atomic E-state index is 13.3. The van der Waals surface area contributed by atoms with Crippen molar-refractivity contribution in [3.63, 3.8) is 0 Å². The van der Waals surface area contributed by atoms with E-state index in [9.17, 15) is 8.42 Å². The molecule has 0 aliphatic rings. The summed E-state index contributed by atoms with van der Waals surface area (Å²) >= 11 is 0. The van der Waals surface area contributed by atoms with Crippen LogP contribution in [0, 0.1) is 0 Å². The molecule has 0 bridgehead atoms. The monoisotopic (exact) mass is 396 g/mol. The summed E-state index contributed by atoms with van der Waals surface area (Å²) < 4.78 is 33.2. The number of imidazole rings is 1. The van der Waals surface area contributed by atoms with Crippen LogP contribution in [0.25, 0.3) is 22.2 Å². The van der Waals surface area contributed by atoms with Crippen molar-refractivity contribution in [1.29, 1.82) is 0 Å². The second kappa shape index (κ2) is 6.72. The molecule has 0 radical (unpaired) electrons. The van der Waals surface area contributed by atoms with Crippen molar-refractivity contribution in [2.75, 3.05) is 12.8 Å². The van der Waals surface area contributed by atoms with E-state index in [-0.39, 0.29) is 4.90 Å². The minimum atomic E-state index is -3.78. The van der Waals surface area contributed by atoms with Crippen LogP contribution in [0.15, 0.2) is 59.6 Å². The molecule has 7 nitrogen and oxygen atoms in total. The first-order valence-electron chi connectivity index (χ1n) is 8.80. The number of ether oxygens (including phenoxy) is 1. The molecule has 0 spiro atoms. The number of anilines is 1. The number of benzene rings is 2. The zero-order chi connectivity index (χ0) is 19.9. The number of H-pyrrole nitrogens is 1. The van der Waals surface area contributed by atoms with Crippen molar-refractivity contribution >= 4 is 26.9 Å². The molecule has 0 fully saturated rings. The number of aromatic amines is 1. The van der Waals surface area contributed by atoms with Crippen LogP contribution in [0.3, 0.4) is 0 Å². The van der Waals surface area contributed by atoms with E-state index in [1.807, 2.05) is 13.0 Å². The number of nitrogens with two attached hydrogens (primary N) is 1. The molecule has 0 atom stereocenters. The lowest BCUT2D eigenvalue weighted by Crippen LogP contribution is -2.11. The smallest absolute Gasteiger partial charge is 0.268 e. The third-order valence-corrected chi connectivity index (χ3v) is 6.37. The van der Waals surface area contributed by atoms with Gasteiger partial charge in [0.2, 0.25) is 0 Å². The minimum Gasteiger partial charge on any atom is -0.497 e. The number of nitrogen functional groups attached to an aromatic ring is 1. The van der Waals surface area contributed by atoms with E-state index in [0.29, 0.717) is 34.9 Å². The molecule has 144 valence electrons. The molecule has 28 heavy (non-hydrogen) atoms. The van der Waals surface area contributed by atoms with E-state index >= 15 is 0 Å². The average Bonchev–Trinajstić information content (AvgIpc) is 3.28. The summed E-state index contributed by atoms with van der Waals surface area (Å²) in [5.74, 6) is 0.923. The number of fused-ring (bicyclic) bond motifs is 1. The van der Waals surface area contributed by atoms with Crippen LogP contribution in [0.1, 0.15) is 12.6 Å². The van der Waals surface area contributed by atoms with E-state index in [1.165, 1.54) is 3.97 Å². The van der Waals surface area contributed by atoms with Gasteiger partial charge in [0.25, 0.3) is 10.0 Å². The van der Waals surface area contributed by atoms with Gasteiger partial charge in [-0.1, -0.05) is 25.1 Å². The Morgan fingerprint density at radius 1 is 1.18 bits per heavy atom. The van der Waals surface area contributed by atoms with Crippen LogP contribution in [0.4, 0.5) is 5.95 Å². The van der Waals surface area contributed by atoms with Crippen molar-refractivity contribution in [1.82, 2.24) is 13.9 Å². The predicted molar refractivity (Wildman–Crippen MR) is 109 cm³/mol. The van der Waals surface area contributed by atoms with Crippen LogP contribution >= 0.6 is 0 Å². The van der Waals surface area contributed by atoms with Crippen molar-refractivity contribution in [2.24, 2.45) is 0 Å². The number of hydrogen-bond donors (Lipinski definition) is 2.